The van der Waals surface area contributed by atoms with Crippen LogP contribution >= 0.6 is 0 Å². The minimum atomic E-state index is -0.922. The average molecular weight is 558 g/mol. The molecular weight excluding hydrogens is 513 g/mol. The van der Waals surface area contributed by atoms with Gasteiger partial charge in [-0.2, -0.15) is 5.26 Å². The SMILES string of the molecule is CCCN(CC(NC(=O)OC(C)(C)C)C(=O)N1C(C#N)CC2C(C)C21)CC(CC)N(C=O)Cc1cccc(F)c1. The molecule has 0 spiro atoms. The van der Waals surface area contributed by atoms with Crippen molar-refractivity contribution < 1.29 is 23.5 Å². The number of hydrogen-bond donors (Lipinski definition) is 1. The minimum absolute atomic E-state index is 0.0138. The Hall–Kier alpha value is -3.19. The number of alkyl carbamates (subject to hydrolysis) is 1. The molecule has 2 fully saturated rings. The summed E-state index contributed by atoms with van der Waals surface area (Å²) in [7, 11) is 0. The fraction of sp³-hybridized carbons (Fsp3) is 0.667. The molecule has 3 rings (SSSR count). The third kappa shape index (κ3) is 7.94. The standard InChI is InChI=1S/C30H44FN5O4/c1-7-12-34(17-23(8-2)35(19-37)16-21-10-9-11-22(31)13-21)18-26(33-29(39)40-30(4,5)6)28(38)36-24(15-32)14-25-20(3)27(25)36/h9-11,13,19-20,23-27H,7-8,12,14,16-18H2,1-6H3,(H,33,39). The number of carbonyl (C=O) groups excluding carboxylic acids is 3. The van der Waals surface area contributed by atoms with Gasteiger partial charge in [-0.3, -0.25) is 14.5 Å². The van der Waals surface area contributed by atoms with E-state index in [9.17, 15) is 24.0 Å². The normalized spacial score (nSPS) is 23.1. The van der Waals surface area contributed by atoms with Gasteiger partial charge in [-0.05, 0) is 76.1 Å². The first-order valence-electron chi connectivity index (χ1n) is 14.3. The maximum Gasteiger partial charge on any atom is 0.408 e. The maximum absolute atomic E-state index is 13.9. The molecule has 220 valence electrons. The second kappa shape index (κ2) is 13.4. The predicted octanol–water partition coefficient (Wildman–Crippen LogP) is 3.93. The van der Waals surface area contributed by atoms with Crippen LogP contribution in [0.25, 0.3) is 0 Å². The highest BCUT2D eigenvalue weighted by atomic mass is 19.1. The van der Waals surface area contributed by atoms with Gasteiger partial charge in [0.2, 0.25) is 12.3 Å². The van der Waals surface area contributed by atoms with Gasteiger partial charge in [-0.25, -0.2) is 9.18 Å². The van der Waals surface area contributed by atoms with Crippen molar-refractivity contribution in [2.24, 2.45) is 11.8 Å². The van der Waals surface area contributed by atoms with Crippen LogP contribution in [0.1, 0.15) is 66.4 Å². The number of carbonyl (C=O) groups is 3. The highest BCUT2D eigenvalue weighted by Crippen LogP contribution is 2.53. The number of rotatable bonds is 13. The lowest BCUT2D eigenvalue weighted by atomic mass is 10.1. The summed E-state index contributed by atoms with van der Waals surface area (Å²) >= 11 is 0. The highest BCUT2D eigenvalue weighted by Gasteiger charge is 2.60. The Morgan fingerprint density at radius 1 is 1.30 bits per heavy atom. The lowest BCUT2D eigenvalue weighted by molar-refractivity contribution is -0.135. The van der Waals surface area contributed by atoms with Crippen LogP contribution in [0, 0.1) is 29.0 Å². The van der Waals surface area contributed by atoms with E-state index in [1.54, 1.807) is 42.7 Å². The maximum atomic E-state index is 13.9. The van der Waals surface area contributed by atoms with Crippen LogP contribution in [0.4, 0.5) is 9.18 Å². The Morgan fingerprint density at radius 3 is 2.60 bits per heavy atom. The third-order valence-electron chi connectivity index (χ3n) is 7.84. The van der Waals surface area contributed by atoms with Crippen LogP contribution in [-0.2, 0) is 20.9 Å². The van der Waals surface area contributed by atoms with Crippen molar-refractivity contribution in [1.82, 2.24) is 20.0 Å². The van der Waals surface area contributed by atoms with Crippen LogP contribution in [0.3, 0.4) is 0 Å². The molecule has 6 atom stereocenters. The summed E-state index contributed by atoms with van der Waals surface area (Å²) in [5.41, 5.74) is -0.0501. The number of fused-ring (bicyclic) bond motifs is 1. The first kappa shape index (κ1) is 31.3. The molecule has 1 aromatic rings. The molecule has 1 heterocycles. The number of likely N-dealkylation sites (tertiary alicyclic amines) is 1. The molecule has 0 radical (unpaired) electrons. The highest BCUT2D eigenvalue weighted by molar-refractivity contribution is 5.87. The van der Waals surface area contributed by atoms with Gasteiger partial charge in [-0.1, -0.05) is 32.9 Å². The van der Waals surface area contributed by atoms with Crippen molar-refractivity contribution >= 4 is 18.4 Å². The van der Waals surface area contributed by atoms with Gasteiger partial charge < -0.3 is 19.9 Å². The lowest BCUT2D eigenvalue weighted by Gasteiger charge is -2.36. The van der Waals surface area contributed by atoms with Crippen molar-refractivity contribution in [2.75, 3.05) is 19.6 Å². The Bertz CT molecular complexity index is 1090. The summed E-state index contributed by atoms with van der Waals surface area (Å²) in [5, 5.41) is 12.5. The first-order chi connectivity index (χ1) is 18.9. The molecule has 1 aliphatic heterocycles. The Labute approximate surface area is 237 Å². The Balaban J connectivity index is 1.81. The molecule has 2 aliphatic rings. The molecule has 0 aromatic heterocycles. The number of benzene rings is 1. The second-order valence-corrected chi connectivity index (χ2v) is 12.1. The summed E-state index contributed by atoms with van der Waals surface area (Å²) in [6.07, 6.45) is 2.18. The molecule has 1 N–H and O–H groups in total. The number of halogens is 1. The van der Waals surface area contributed by atoms with Crippen LogP contribution in [0.15, 0.2) is 24.3 Å². The van der Waals surface area contributed by atoms with Crippen molar-refractivity contribution in [1.29, 1.82) is 5.26 Å². The fourth-order valence-corrected chi connectivity index (χ4v) is 5.84. The zero-order valence-electron chi connectivity index (χ0n) is 24.6. The number of piperidine rings is 1. The van der Waals surface area contributed by atoms with Gasteiger partial charge >= 0.3 is 6.09 Å². The van der Waals surface area contributed by atoms with Gasteiger partial charge in [0.25, 0.3) is 0 Å². The molecule has 9 nitrogen and oxygen atoms in total. The lowest BCUT2D eigenvalue weighted by Crippen LogP contribution is -2.57. The van der Waals surface area contributed by atoms with Crippen LogP contribution in [0.2, 0.25) is 0 Å². The van der Waals surface area contributed by atoms with E-state index in [1.807, 2.05) is 13.8 Å². The summed E-state index contributed by atoms with van der Waals surface area (Å²) in [5.74, 6) is 0.00526. The van der Waals surface area contributed by atoms with E-state index in [-0.39, 0.29) is 36.9 Å². The molecule has 6 unspecified atom stereocenters. The molecule has 1 saturated carbocycles. The second-order valence-electron chi connectivity index (χ2n) is 12.1. The molecule has 40 heavy (non-hydrogen) atoms. The third-order valence-corrected chi connectivity index (χ3v) is 7.84. The van der Waals surface area contributed by atoms with E-state index >= 15 is 0 Å². The summed E-state index contributed by atoms with van der Waals surface area (Å²) in [6, 6.07) is 6.83. The molecule has 1 aliphatic carbocycles. The Morgan fingerprint density at radius 2 is 2.02 bits per heavy atom. The smallest absolute Gasteiger partial charge is 0.408 e. The molecule has 1 saturated heterocycles. The number of amides is 3. The van der Waals surface area contributed by atoms with Gasteiger partial charge in [0.15, 0.2) is 0 Å². The minimum Gasteiger partial charge on any atom is -0.444 e. The quantitative estimate of drug-likeness (QED) is 0.369. The van der Waals surface area contributed by atoms with E-state index in [0.717, 1.165) is 12.8 Å². The largest absolute Gasteiger partial charge is 0.444 e. The monoisotopic (exact) mass is 557 g/mol. The Kier molecular flexibility index (Phi) is 10.5. The molecule has 10 heteroatoms. The van der Waals surface area contributed by atoms with Gasteiger partial charge in [0.05, 0.1) is 6.07 Å². The van der Waals surface area contributed by atoms with Crippen LogP contribution < -0.4 is 5.32 Å². The summed E-state index contributed by atoms with van der Waals surface area (Å²) < 4.78 is 19.2. The fourth-order valence-electron chi connectivity index (χ4n) is 5.84. The molecule has 3 amide bonds. The topological polar surface area (TPSA) is 106 Å². The number of nitrogens with one attached hydrogen (secondary N) is 1. The number of nitrogens with zero attached hydrogens (tertiary/aromatic N) is 4. The predicted molar refractivity (Wildman–Crippen MR) is 149 cm³/mol. The number of nitriles is 1. The van der Waals surface area contributed by atoms with E-state index in [4.69, 9.17) is 4.74 Å². The van der Waals surface area contributed by atoms with Gasteiger partial charge in [0.1, 0.15) is 23.5 Å². The summed E-state index contributed by atoms with van der Waals surface area (Å²) in [4.78, 5) is 44.3. The van der Waals surface area contributed by atoms with E-state index in [0.29, 0.717) is 43.3 Å². The van der Waals surface area contributed by atoms with Crippen molar-refractivity contribution in [2.45, 2.75) is 97.1 Å². The van der Waals surface area contributed by atoms with Crippen molar-refractivity contribution in [3.63, 3.8) is 0 Å². The first-order valence-corrected chi connectivity index (χ1v) is 14.3. The summed E-state index contributed by atoms with van der Waals surface area (Å²) in [6.45, 7) is 12.9. The van der Waals surface area contributed by atoms with E-state index in [1.165, 1.54) is 12.1 Å². The van der Waals surface area contributed by atoms with Crippen LogP contribution in [0.5, 0.6) is 0 Å². The molecule has 0 bridgehead atoms. The van der Waals surface area contributed by atoms with Crippen molar-refractivity contribution in [3.05, 3.63) is 35.6 Å². The van der Waals surface area contributed by atoms with Crippen LogP contribution in [-0.4, -0.2) is 82.5 Å². The van der Waals surface area contributed by atoms with E-state index < -0.39 is 23.8 Å². The van der Waals surface area contributed by atoms with Crippen molar-refractivity contribution in [3.8, 4) is 6.07 Å². The zero-order chi connectivity index (χ0) is 29.6. The molecule has 1 aromatic carbocycles. The zero-order valence-corrected chi connectivity index (χ0v) is 24.6. The number of ether oxygens (including phenoxy) is 1. The average Bonchev–Trinajstić information content (AvgIpc) is 3.32. The van der Waals surface area contributed by atoms with Gasteiger partial charge in [-0.15, -0.1) is 0 Å². The molecular formula is C30H44FN5O4. The van der Waals surface area contributed by atoms with Gasteiger partial charge in [0, 0.05) is 31.7 Å². The van der Waals surface area contributed by atoms with E-state index in [2.05, 4.69) is 23.2 Å². The number of hydrogen-bond acceptors (Lipinski definition) is 6.